The minimum Gasteiger partial charge on any atom is -0.465 e. The summed E-state index contributed by atoms with van der Waals surface area (Å²) in [4.78, 5) is 12.4. The van der Waals surface area contributed by atoms with Crippen LogP contribution in [0.15, 0.2) is 47.6 Å². The van der Waals surface area contributed by atoms with Gasteiger partial charge in [-0.2, -0.15) is 0 Å². The van der Waals surface area contributed by atoms with Gasteiger partial charge < -0.3 is 19.0 Å². The fraction of sp³-hybridized carbons (Fsp3) is 0.667. The Morgan fingerprint density at radius 3 is 2.33 bits per heavy atom. The number of carbonyl (C=O) groups is 1. The summed E-state index contributed by atoms with van der Waals surface area (Å²) in [5.74, 6) is -0.397. The van der Waals surface area contributed by atoms with Crippen molar-refractivity contribution in [3.63, 3.8) is 0 Å². The van der Waals surface area contributed by atoms with Crippen LogP contribution in [0, 0.1) is 5.41 Å². The molecular weight excluding hydrogens is 432 g/mol. The smallest absolute Gasteiger partial charge is 0.337 e. The van der Waals surface area contributed by atoms with Gasteiger partial charge in [-0.1, -0.05) is 58.4 Å². The molecule has 0 aromatic heterocycles. The second-order valence-corrected chi connectivity index (χ2v) is 16.6. The Kier molecular flexibility index (Phi) is 8.12. The van der Waals surface area contributed by atoms with E-state index in [9.17, 15) is 4.79 Å². The summed E-state index contributed by atoms with van der Waals surface area (Å²) in [6.07, 6.45) is 12.8. The summed E-state index contributed by atoms with van der Waals surface area (Å²) in [7, 11) is -0.499. The minimum absolute atomic E-state index is 0.0166. The number of allylic oxidation sites excluding steroid dienone is 4. The summed E-state index contributed by atoms with van der Waals surface area (Å²) in [5.41, 5.74) is 0.446. The molecule has 0 spiro atoms. The van der Waals surface area contributed by atoms with E-state index >= 15 is 0 Å². The highest BCUT2D eigenvalue weighted by atomic mass is 28.4. The lowest BCUT2D eigenvalue weighted by Crippen LogP contribution is -2.51. The normalized spacial score (nSPS) is 30.6. The van der Waals surface area contributed by atoms with Gasteiger partial charge in [0.05, 0.1) is 19.3 Å². The van der Waals surface area contributed by atoms with Gasteiger partial charge in [-0.25, -0.2) is 4.79 Å². The van der Waals surface area contributed by atoms with Crippen LogP contribution < -0.4 is 0 Å². The third kappa shape index (κ3) is 5.79. The number of aliphatic hydroxyl groups is 1. The Balaban J connectivity index is 2.27. The van der Waals surface area contributed by atoms with Crippen LogP contribution in [0.4, 0.5) is 0 Å². The van der Waals surface area contributed by atoms with Crippen LogP contribution in [0.2, 0.25) is 18.1 Å². The Hall–Kier alpha value is -1.47. The second kappa shape index (κ2) is 9.65. The van der Waals surface area contributed by atoms with Gasteiger partial charge in [-0.05, 0) is 56.6 Å². The fourth-order valence-electron chi connectivity index (χ4n) is 4.75. The van der Waals surface area contributed by atoms with E-state index in [1.54, 1.807) is 18.2 Å². The molecule has 1 heterocycles. The number of aliphatic hydroxyl groups excluding tert-OH is 1. The van der Waals surface area contributed by atoms with E-state index in [2.05, 4.69) is 54.6 Å². The van der Waals surface area contributed by atoms with Crippen molar-refractivity contribution in [2.75, 3.05) is 13.7 Å². The minimum atomic E-state index is -1.88. The van der Waals surface area contributed by atoms with Gasteiger partial charge in [0.2, 0.25) is 0 Å². The molecule has 3 atom stereocenters. The fourth-order valence-corrected chi connectivity index (χ4v) is 6.10. The molecule has 2 rings (SSSR count). The molecule has 5 nitrogen and oxygen atoms in total. The summed E-state index contributed by atoms with van der Waals surface area (Å²) in [6.45, 7) is 19.9. The van der Waals surface area contributed by atoms with Gasteiger partial charge >= 0.3 is 5.97 Å². The van der Waals surface area contributed by atoms with Gasteiger partial charge in [0.15, 0.2) is 8.32 Å². The van der Waals surface area contributed by atoms with Crippen molar-refractivity contribution >= 4 is 14.3 Å². The standard InChI is InChI=1S/C27H44O5Si/c1-20(15-17-28)12-11-13-21(23(29)30-8)14-16-27-25(5,6)18-22(19-26(27,7)32-27)31-33(9,10)24(2,3)4/h11-16,22,28H,17-19H2,1-10H3/b12-11+,16-14+,20-15+,21-13+/t22-,26+,27-/m0/s1. The van der Waals surface area contributed by atoms with Crippen molar-refractivity contribution in [1.29, 1.82) is 0 Å². The van der Waals surface area contributed by atoms with Crippen molar-refractivity contribution in [3.05, 3.63) is 47.6 Å². The van der Waals surface area contributed by atoms with Crippen molar-refractivity contribution in [3.8, 4) is 0 Å². The molecule has 6 heteroatoms. The Labute approximate surface area is 201 Å². The summed E-state index contributed by atoms with van der Waals surface area (Å²) >= 11 is 0. The first kappa shape index (κ1) is 27.8. The summed E-state index contributed by atoms with van der Waals surface area (Å²) in [6, 6.07) is 0. The van der Waals surface area contributed by atoms with E-state index in [0.29, 0.717) is 5.57 Å². The SMILES string of the molecule is COC(=O)C(/C=C/[C@@]12O[C@]1(C)C[C@@H](O[Si](C)(C)C(C)(C)C)CC2(C)C)=C/C=C/C(C)=C/CO. The van der Waals surface area contributed by atoms with Crippen LogP contribution in [-0.2, 0) is 18.7 Å². The maximum absolute atomic E-state index is 12.4. The van der Waals surface area contributed by atoms with E-state index in [4.69, 9.17) is 19.0 Å². The van der Waals surface area contributed by atoms with E-state index in [1.807, 2.05) is 25.2 Å². The molecule has 1 saturated heterocycles. The molecule has 0 radical (unpaired) electrons. The molecule has 1 N–H and O–H groups in total. The Morgan fingerprint density at radius 1 is 1.18 bits per heavy atom. The van der Waals surface area contributed by atoms with Gasteiger partial charge in [-0.15, -0.1) is 0 Å². The molecule has 1 aliphatic carbocycles. The first-order valence-corrected chi connectivity index (χ1v) is 14.8. The molecule has 1 saturated carbocycles. The number of hydrogen-bond donors (Lipinski definition) is 1. The second-order valence-electron chi connectivity index (χ2n) is 11.8. The van der Waals surface area contributed by atoms with E-state index in [1.165, 1.54) is 7.11 Å². The Morgan fingerprint density at radius 2 is 1.82 bits per heavy atom. The number of fused-ring (bicyclic) bond motifs is 1. The molecule has 0 aromatic carbocycles. The monoisotopic (exact) mass is 476 g/mol. The van der Waals surface area contributed by atoms with Crippen LogP contribution in [-0.4, -0.2) is 50.4 Å². The van der Waals surface area contributed by atoms with E-state index in [-0.39, 0.29) is 28.8 Å². The molecule has 33 heavy (non-hydrogen) atoms. The Bertz CT molecular complexity index is 858. The molecular formula is C27H44O5Si. The van der Waals surface area contributed by atoms with Crippen molar-refractivity contribution in [2.24, 2.45) is 5.41 Å². The highest BCUT2D eigenvalue weighted by Crippen LogP contribution is 2.66. The predicted molar refractivity (Wildman–Crippen MR) is 137 cm³/mol. The number of hydrogen-bond acceptors (Lipinski definition) is 5. The van der Waals surface area contributed by atoms with Crippen LogP contribution in [0.5, 0.6) is 0 Å². The zero-order valence-corrected chi connectivity index (χ0v) is 23.2. The summed E-state index contributed by atoms with van der Waals surface area (Å²) in [5, 5.41) is 9.16. The zero-order valence-electron chi connectivity index (χ0n) is 22.2. The number of rotatable bonds is 8. The van der Waals surface area contributed by atoms with Gasteiger partial charge in [0, 0.05) is 17.9 Å². The highest BCUT2D eigenvalue weighted by Gasteiger charge is 2.75. The third-order valence-electron chi connectivity index (χ3n) is 7.73. The highest BCUT2D eigenvalue weighted by molar-refractivity contribution is 6.74. The molecule has 0 aromatic rings. The lowest BCUT2D eigenvalue weighted by molar-refractivity contribution is -0.135. The number of epoxide rings is 1. The number of esters is 1. The molecule has 0 amide bonds. The average Bonchev–Trinajstić information content (AvgIpc) is 3.28. The van der Waals surface area contributed by atoms with E-state index in [0.717, 1.165) is 18.4 Å². The maximum atomic E-state index is 12.4. The van der Waals surface area contributed by atoms with Crippen LogP contribution in [0.1, 0.15) is 61.3 Å². The molecule has 2 aliphatic rings. The topological polar surface area (TPSA) is 68.3 Å². The molecule has 0 bridgehead atoms. The quantitative estimate of drug-likeness (QED) is 0.156. The lowest BCUT2D eigenvalue weighted by Gasteiger charge is -2.45. The molecule has 186 valence electrons. The lowest BCUT2D eigenvalue weighted by atomic mass is 9.63. The summed E-state index contributed by atoms with van der Waals surface area (Å²) < 4.78 is 18.2. The van der Waals surface area contributed by atoms with Gasteiger partial charge in [-0.3, -0.25) is 0 Å². The molecule has 1 aliphatic heterocycles. The zero-order chi connectivity index (χ0) is 25.3. The first-order chi connectivity index (χ1) is 15.0. The number of carbonyl (C=O) groups excluding carboxylic acids is 1. The number of ether oxygens (including phenoxy) is 2. The third-order valence-corrected chi connectivity index (χ3v) is 12.3. The van der Waals surface area contributed by atoms with E-state index < -0.39 is 19.9 Å². The van der Waals surface area contributed by atoms with Gasteiger partial charge in [0.1, 0.15) is 11.2 Å². The number of methoxy groups -OCH3 is 1. The average molecular weight is 477 g/mol. The predicted octanol–water partition coefficient (Wildman–Crippen LogP) is 5.87. The van der Waals surface area contributed by atoms with Crippen molar-refractivity contribution in [2.45, 2.75) is 96.7 Å². The van der Waals surface area contributed by atoms with Crippen molar-refractivity contribution in [1.82, 2.24) is 0 Å². The van der Waals surface area contributed by atoms with Gasteiger partial charge in [0.25, 0.3) is 0 Å². The molecule has 0 unspecified atom stereocenters. The largest absolute Gasteiger partial charge is 0.465 e. The first-order valence-electron chi connectivity index (χ1n) is 11.9. The van der Waals surface area contributed by atoms with Crippen LogP contribution >= 0.6 is 0 Å². The van der Waals surface area contributed by atoms with Crippen LogP contribution in [0.3, 0.4) is 0 Å². The maximum Gasteiger partial charge on any atom is 0.337 e. The van der Waals surface area contributed by atoms with Crippen molar-refractivity contribution < 1.29 is 23.8 Å². The van der Waals surface area contributed by atoms with Crippen LogP contribution in [0.25, 0.3) is 0 Å². The molecule has 2 fully saturated rings.